The number of hydrogen-bond acceptors (Lipinski definition) is 2. The summed E-state index contributed by atoms with van der Waals surface area (Å²) in [7, 11) is 0. The molecule has 3 rings (SSSR count). The van der Waals surface area contributed by atoms with Crippen molar-refractivity contribution in [2.75, 3.05) is 0 Å². The fourth-order valence-electron chi connectivity index (χ4n) is 2.87. The molecule has 0 aromatic heterocycles. The highest BCUT2D eigenvalue weighted by Gasteiger charge is 2.25. The van der Waals surface area contributed by atoms with Crippen LogP contribution in [0.1, 0.15) is 36.1 Å². The first-order valence-electron chi connectivity index (χ1n) is 7.75. The number of carbonyl (C=O) groups is 1. The first-order chi connectivity index (χ1) is 10.6. The molecule has 0 aliphatic heterocycles. The van der Waals surface area contributed by atoms with Crippen LogP contribution in [0.15, 0.2) is 48.5 Å². The second-order valence-corrected chi connectivity index (χ2v) is 5.87. The summed E-state index contributed by atoms with van der Waals surface area (Å²) in [6.45, 7) is 3.81. The number of aryl methyl sites for hydroxylation is 2. The van der Waals surface area contributed by atoms with Gasteiger partial charge in [0.1, 0.15) is 5.75 Å². The first kappa shape index (κ1) is 14.6. The van der Waals surface area contributed by atoms with Crippen molar-refractivity contribution in [1.82, 2.24) is 5.32 Å². The van der Waals surface area contributed by atoms with Crippen LogP contribution in [0.25, 0.3) is 0 Å². The Balaban J connectivity index is 1.61. The second-order valence-electron chi connectivity index (χ2n) is 5.87. The van der Waals surface area contributed by atoms with Crippen molar-refractivity contribution in [3.63, 3.8) is 0 Å². The van der Waals surface area contributed by atoms with Gasteiger partial charge in [-0.3, -0.25) is 4.79 Å². The van der Waals surface area contributed by atoms with Crippen LogP contribution in [0.5, 0.6) is 5.75 Å². The van der Waals surface area contributed by atoms with E-state index in [4.69, 9.17) is 4.74 Å². The van der Waals surface area contributed by atoms with Crippen LogP contribution >= 0.6 is 0 Å². The Morgan fingerprint density at radius 3 is 2.68 bits per heavy atom. The van der Waals surface area contributed by atoms with Crippen LogP contribution in [0.2, 0.25) is 0 Å². The van der Waals surface area contributed by atoms with E-state index in [0.717, 1.165) is 18.6 Å². The van der Waals surface area contributed by atoms with Gasteiger partial charge in [-0.25, -0.2) is 0 Å². The van der Waals surface area contributed by atoms with E-state index in [1.807, 2.05) is 43.3 Å². The van der Waals surface area contributed by atoms with Gasteiger partial charge in [0.15, 0.2) is 6.10 Å². The predicted molar refractivity (Wildman–Crippen MR) is 86.9 cm³/mol. The summed E-state index contributed by atoms with van der Waals surface area (Å²) in [6.07, 6.45) is 1.48. The third-order valence-corrected chi connectivity index (χ3v) is 4.15. The fraction of sp³-hybridized carbons (Fsp3) is 0.316. The lowest BCUT2D eigenvalue weighted by Gasteiger charge is -2.19. The molecule has 2 unspecified atom stereocenters. The number of ether oxygens (including phenoxy) is 1. The van der Waals surface area contributed by atoms with Gasteiger partial charge in [0.25, 0.3) is 5.91 Å². The molecule has 0 bridgehead atoms. The molecule has 3 heteroatoms. The molecule has 114 valence electrons. The van der Waals surface area contributed by atoms with Crippen LogP contribution in [0.4, 0.5) is 0 Å². The smallest absolute Gasteiger partial charge is 0.261 e. The standard InChI is InChI=1S/C19H21NO2/c1-13-7-10-16(11-8-13)22-14(2)19(21)20-18-12-9-15-5-3-4-6-17(15)18/h3-8,10-11,14,18H,9,12H2,1-2H3,(H,20,21). The summed E-state index contributed by atoms with van der Waals surface area (Å²) in [6, 6.07) is 16.1. The summed E-state index contributed by atoms with van der Waals surface area (Å²) in [4.78, 5) is 12.3. The van der Waals surface area contributed by atoms with Crippen LogP contribution < -0.4 is 10.1 Å². The van der Waals surface area contributed by atoms with Gasteiger partial charge in [-0.2, -0.15) is 0 Å². The van der Waals surface area contributed by atoms with Crippen molar-refractivity contribution in [1.29, 1.82) is 0 Å². The van der Waals surface area contributed by atoms with E-state index in [1.54, 1.807) is 6.92 Å². The molecule has 3 nitrogen and oxygen atoms in total. The van der Waals surface area contributed by atoms with Crippen molar-refractivity contribution in [3.05, 3.63) is 65.2 Å². The number of amides is 1. The summed E-state index contributed by atoms with van der Waals surface area (Å²) in [5.74, 6) is 0.655. The number of nitrogens with one attached hydrogen (secondary N) is 1. The van der Waals surface area contributed by atoms with Gasteiger partial charge in [0, 0.05) is 0 Å². The Kier molecular flexibility index (Phi) is 4.14. The molecule has 1 N–H and O–H groups in total. The fourth-order valence-corrected chi connectivity index (χ4v) is 2.87. The minimum Gasteiger partial charge on any atom is -0.481 e. The van der Waals surface area contributed by atoms with E-state index >= 15 is 0 Å². The predicted octanol–water partition coefficient (Wildman–Crippen LogP) is 3.57. The maximum atomic E-state index is 12.3. The quantitative estimate of drug-likeness (QED) is 0.936. The van der Waals surface area contributed by atoms with Gasteiger partial charge < -0.3 is 10.1 Å². The van der Waals surface area contributed by atoms with E-state index in [1.165, 1.54) is 16.7 Å². The zero-order valence-corrected chi connectivity index (χ0v) is 13.0. The molecule has 22 heavy (non-hydrogen) atoms. The zero-order chi connectivity index (χ0) is 15.5. The molecule has 0 saturated carbocycles. The minimum absolute atomic E-state index is 0.0673. The van der Waals surface area contributed by atoms with Gasteiger partial charge in [-0.05, 0) is 49.9 Å². The lowest BCUT2D eigenvalue weighted by Crippen LogP contribution is -2.38. The molecular formula is C19H21NO2. The average molecular weight is 295 g/mol. The van der Waals surface area contributed by atoms with E-state index in [9.17, 15) is 4.79 Å². The average Bonchev–Trinajstić information content (AvgIpc) is 2.93. The summed E-state index contributed by atoms with van der Waals surface area (Å²) in [5, 5.41) is 3.10. The molecule has 1 aliphatic carbocycles. The molecule has 0 saturated heterocycles. The largest absolute Gasteiger partial charge is 0.481 e. The van der Waals surface area contributed by atoms with Crippen molar-refractivity contribution in [2.45, 2.75) is 38.8 Å². The van der Waals surface area contributed by atoms with E-state index in [2.05, 4.69) is 17.4 Å². The van der Waals surface area contributed by atoms with E-state index in [-0.39, 0.29) is 11.9 Å². The number of hydrogen-bond donors (Lipinski definition) is 1. The van der Waals surface area contributed by atoms with Crippen molar-refractivity contribution in [3.8, 4) is 5.75 Å². The van der Waals surface area contributed by atoms with Crippen LogP contribution in [0, 0.1) is 6.92 Å². The second kappa shape index (κ2) is 6.22. The molecule has 1 aliphatic rings. The molecule has 0 fully saturated rings. The Morgan fingerprint density at radius 2 is 1.91 bits per heavy atom. The van der Waals surface area contributed by atoms with Crippen LogP contribution in [-0.4, -0.2) is 12.0 Å². The summed E-state index contributed by atoms with van der Waals surface area (Å²) in [5.41, 5.74) is 3.74. The zero-order valence-electron chi connectivity index (χ0n) is 13.0. The Hall–Kier alpha value is -2.29. The van der Waals surface area contributed by atoms with E-state index < -0.39 is 6.10 Å². The number of carbonyl (C=O) groups excluding carboxylic acids is 1. The van der Waals surface area contributed by atoms with Crippen LogP contribution in [0.3, 0.4) is 0 Å². The van der Waals surface area contributed by atoms with Crippen molar-refractivity contribution >= 4 is 5.91 Å². The number of rotatable bonds is 4. The third-order valence-electron chi connectivity index (χ3n) is 4.15. The molecule has 2 aromatic rings. The van der Waals surface area contributed by atoms with Crippen molar-refractivity contribution < 1.29 is 9.53 Å². The third kappa shape index (κ3) is 3.14. The maximum absolute atomic E-state index is 12.3. The van der Waals surface area contributed by atoms with Gasteiger partial charge >= 0.3 is 0 Å². The lowest BCUT2D eigenvalue weighted by molar-refractivity contribution is -0.128. The SMILES string of the molecule is Cc1ccc(OC(C)C(=O)NC2CCc3ccccc32)cc1. The molecule has 2 aromatic carbocycles. The number of fused-ring (bicyclic) bond motifs is 1. The van der Waals surface area contributed by atoms with Gasteiger partial charge in [-0.1, -0.05) is 42.0 Å². The minimum atomic E-state index is -0.504. The van der Waals surface area contributed by atoms with Gasteiger partial charge in [0.2, 0.25) is 0 Å². The maximum Gasteiger partial charge on any atom is 0.261 e. The first-order valence-corrected chi connectivity index (χ1v) is 7.75. The molecule has 0 radical (unpaired) electrons. The monoisotopic (exact) mass is 295 g/mol. The Morgan fingerprint density at radius 1 is 1.18 bits per heavy atom. The Bertz CT molecular complexity index is 663. The summed E-state index contributed by atoms with van der Waals surface area (Å²) < 4.78 is 5.72. The molecule has 2 atom stereocenters. The lowest BCUT2D eigenvalue weighted by atomic mass is 10.1. The molecule has 0 heterocycles. The van der Waals surface area contributed by atoms with Crippen molar-refractivity contribution in [2.24, 2.45) is 0 Å². The Labute approximate surface area is 131 Å². The highest BCUT2D eigenvalue weighted by Crippen LogP contribution is 2.30. The highest BCUT2D eigenvalue weighted by molar-refractivity contribution is 5.81. The normalized spacial score (nSPS) is 17.6. The van der Waals surface area contributed by atoms with Gasteiger partial charge in [-0.15, -0.1) is 0 Å². The molecular weight excluding hydrogens is 274 g/mol. The number of benzene rings is 2. The van der Waals surface area contributed by atoms with Gasteiger partial charge in [0.05, 0.1) is 6.04 Å². The van der Waals surface area contributed by atoms with Crippen LogP contribution in [-0.2, 0) is 11.2 Å². The molecule has 0 spiro atoms. The topological polar surface area (TPSA) is 38.3 Å². The summed E-state index contributed by atoms with van der Waals surface area (Å²) >= 11 is 0. The molecule has 1 amide bonds. The van der Waals surface area contributed by atoms with E-state index in [0.29, 0.717) is 0 Å². The highest BCUT2D eigenvalue weighted by atomic mass is 16.5.